The number of benzene rings is 1. The summed E-state index contributed by atoms with van der Waals surface area (Å²) in [4.78, 5) is 22.3. The molecule has 1 aromatic carbocycles. The van der Waals surface area contributed by atoms with Gasteiger partial charge in [0, 0.05) is 10.6 Å². The number of aromatic nitrogens is 3. The number of nitrogens with one attached hydrogen (secondary N) is 1. The molecule has 8 heteroatoms. The first-order valence-electron chi connectivity index (χ1n) is 5.23. The molecule has 0 saturated carbocycles. The second-order valence-electron chi connectivity index (χ2n) is 3.66. The Hall–Kier alpha value is -2.41. The zero-order valence-electron chi connectivity index (χ0n) is 9.58. The maximum Gasteiger partial charge on any atom is 0.325 e. The van der Waals surface area contributed by atoms with Crippen LogP contribution in [0.25, 0.3) is 0 Å². The Bertz CT molecular complexity index is 609. The molecular weight excluding hydrogens is 272 g/mol. The summed E-state index contributed by atoms with van der Waals surface area (Å²) in [6, 6.07) is 6.33. The van der Waals surface area contributed by atoms with E-state index < -0.39 is 5.97 Å². The quantitative estimate of drug-likeness (QED) is 0.879. The summed E-state index contributed by atoms with van der Waals surface area (Å²) in [7, 11) is 0. The van der Waals surface area contributed by atoms with Crippen LogP contribution in [0.5, 0.6) is 0 Å². The first kappa shape index (κ1) is 13.0. The van der Waals surface area contributed by atoms with Gasteiger partial charge in [-0.25, -0.2) is 4.68 Å². The van der Waals surface area contributed by atoms with E-state index in [4.69, 9.17) is 16.7 Å². The van der Waals surface area contributed by atoms with E-state index in [1.165, 1.54) is 6.20 Å². The molecule has 7 nitrogen and oxygen atoms in total. The van der Waals surface area contributed by atoms with Crippen molar-refractivity contribution < 1.29 is 14.7 Å². The lowest BCUT2D eigenvalue weighted by molar-refractivity contribution is -0.137. The van der Waals surface area contributed by atoms with Crippen molar-refractivity contribution in [2.75, 3.05) is 5.32 Å². The molecule has 2 rings (SSSR count). The highest BCUT2D eigenvalue weighted by molar-refractivity contribution is 6.30. The molecule has 0 fully saturated rings. The molecule has 1 aromatic heterocycles. The molecule has 0 bridgehead atoms. The zero-order valence-corrected chi connectivity index (χ0v) is 10.3. The van der Waals surface area contributed by atoms with Crippen LogP contribution in [0.15, 0.2) is 30.5 Å². The summed E-state index contributed by atoms with van der Waals surface area (Å²) in [5.41, 5.74) is 0.414. The monoisotopic (exact) mass is 280 g/mol. The predicted molar refractivity (Wildman–Crippen MR) is 67.1 cm³/mol. The van der Waals surface area contributed by atoms with Crippen molar-refractivity contribution >= 4 is 29.3 Å². The van der Waals surface area contributed by atoms with Crippen LogP contribution in [0.2, 0.25) is 5.02 Å². The van der Waals surface area contributed by atoms with Crippen LogP contribution in [0.4, 0.5) is 5.82 Å². The van der Waals surface area contributed by atoms with Gasteiger partial charge in [0.1, 0.15) is 6.54 Å². The van der Waals surface area contributed by atoms with Gasteiger partial charge in [0.15, 0.2) is 5.82 Å². The molecule has 0 spiro atoms. The molecule has 0 aliphatic carbocycles. The van der Waals surface area contributed by atoms with Crippen LogP contribution in [0, 0.1) is 0 Å². The van der Waals surface area contributed by atoms with Gasteiger partial charge in [0.05, 0.1) is 6.20 Å². The molecule has 2 N–H and O–H groups in total. The lowest BCUT2D eigenvalue weighted by atomic mass is 10.2. The molecule has 1 amide bonds. The van der Waals surface area contributed by atoms with Crippen molar-refractivity contribution in [3.8, 4) is 0 Å². The summed E-state index contributed by atoms with van der Waals surface area (Å²) in [5, 5.41) is 18.8. The van der Waals surface area contributed by atoms with E-state index in [0.29, 0.717) is 10.6 Å². The van der Waals surface area contributed by atoms with Gasteiger partial charge in [-0.1, -0.05) is 16.8 Å². The summed E-state index contributed by atoms with van der Waals surface area (Å²) in [5.74, 6) is -1.24. The highest BCUT2D eigenvalue weighted by atomic mass is 35.5. The first-order chi connectivity index (χ1) is 9.04. The molecule has 0 aliphatic rings. The van der Waals surface area contributed by atoms with E-state index in [9.17, 15) is 9.59 Å². The van der Waals surface area contributed by atoms with E-state index >= 15 is 0 Å². The summed E-state index contributed by atoms with van der Waals surface area (Å²) < 4.78 is 1.11. The third-order valence-corrected chi connectivity index (χ3v) is 2.44. The Morgan fingerprint density at radius 3 is 2.63 bits per heavy atom. The van der Waals surface area contributed by atoms with Gasteiger partial charge in [0.25, 0.3) is 5.91 Å². The highest BCUT2D eigenvalue weighted by Crippen LogP contribution is 2.11. The van der Waals surface area contributed by atoms with Gasteiger partial charge < -0.3 is 10.4 Å². The Balaban J connectivity index is 2.04. The number of hydrogen-bond acceptors (Lipinski definition) is 4. The normalized spacial score (nSPS) is 10.2. The predicted octanol–water partition coefficient (Wildman–Crippen LogP) is 1.27. The number of carboxylic acids is 1. The van der Waals surface area contributed by atoms with E-state index in [1.54, 1.807) is 24.3 Å². The van der Waals surface area contributed by atoms with Gasteiger partial charge in [-0.3, -0.25) is 9.59 Å². The topological polar surface area (TPSA) is 97.1 Å². The molecule has 0 aliphatic heterocycles. The molecule has 0 unspecified atom stereocenters. The van der Waals surface area contributed by atoms with Crippen LogP contribution >= 0.6 is 11.6 Å². The molecule has 2 aromatic rings. The Kier molecular flexibility index (Phi) is 3.76. The fraction of sp³-hybridized carbons (Fsp3) is 0.0909. The number of halogens is 1. The van der Waals surface area contributed by atoms with E-state index in [1.807, 2.05) is 0 Å². The molecule has 98 valence electrons. The minimum absolute atomic E-state index is 0.182. The number of carbonyl (C=O) groups is 2. The fourth-order valence-electron chi connectivity index (χ4n) is 1.36. The average molecular weight is 281 g/mol. The van der Waals surface area contributed by atoms with E-state index in [-0.39, 0.29) is 18.3 Å². The van der Waals surface area contributed by atoms with Gasteiger partial charge in [-0.15, -0.1) is 5.10 Å². The highest BCUT2D eigenvalue weighted by Gasteiger charge is 2.09. The molecule has 0 atom stereocenters. The van der Waals surface area contributed by atoms with Gasteiger partial charge in [-0.2, -0.15) is 0 Å². The Morgan fingerprint density at radius 2 is 2.00 bits per heavy atom. The number of hydrogen-bond donors (Lipinski definition) is 2. The number of carbonyl (C=O) groups excluding carboxylic acids is 1. The summed E-state index contributed by atoms with van der Waals surface area (Å²) >= 11 is 5.72. The van der Waals surface area contributed by atoms with Crippen LogP contribution in [-0.2, 0) is 11.3 Å². The lowest BCUT2D eigenvalue weighted by Gasteiger charge is -2.00. The molecular formula is C11H9ClN4O3. The van der Waals surface area contributed by atoms with Crippen LogP contribution in [-0.4, -0.2) is 32.0 Å². The number of aliphatic carboxylic acids is 1. The third-order valence-electron chi connectivity index (χ3n) is 2.18. The minimum Gasteiger partial charge on any atom is -0.480 e. The lowest BCUT2D eigenvalue weighted by Crippen LogP contribution is -2.12. The largest absolute Gasteiger partial charge is 0.480 e. The number of anilines is 1. The van der Waals surface area contributed by atoms with E-state index in [0.717, 1.165) is 4.68 Å². The number of rotatable bonds is 4. The smallest absolute Gasteiger partial charge is 0.325 e. The second-order valence-corrected chi connectivity index (χ2v) is 4.09. The molecule has 1 heterocycles. The summed E-state index contributed by atoms with van der Waals surface area (Å²) in [6.07, 6.45) is 1.34. The van der Waals surface area contributed by atoms with Crippen LogP contribution < -0.4 is 5.32 Å². The standard InChI is InChI=1S/C11H9ClN4O3/c12-8-3-1-7(2-4-8)11(19)13-9-5-16(15-14-9)6-10(17)18/h1-5H,6H2,(H,13,19)(H,17,18). The van der Waals surface area contributed by atoms with Crippen molar-refractivity contribution in [3.63, 3.8) is 0 Å². The van der Waals surface area contributed by atoms with Crippen molar-refractivity contribution in [3.05, 3.63) is 41.0 Å². The number of amides is 1. The fourth-order valence-corrected chi connectivity index (χ4v) is 1.49. The van der Waals surface area contributed by atoms with Gasteiger partial charge in [-0.05, 0) is 24.3 Å². The van der Waals surface area contributed by atoms with Crippen molar-refractivity contribution in [1.29, 1.82) is 0 Å². The summed E-state index contributed by atoms with van der Waals surface area (Å²) in [6.45, 7) is -0.316. The Morgan fingerprint density at radius 1 is 1.32 bits per heavy atom. The van der Waals surface area contributed by atoms with Crippen LogP contribution in [0.3, 0.4) is 0 Å². The van der Waals surface area contributed by atoms with Crippen molar-refractivity contribution in [2.45, 2.75) is 6.54 Å². The average Bonchev–Trinajstić information content (AvgIpc) is 2.76. The first-order valence-corrected chi connectivity index (χ1v) is 5.61. The van der Waals surface area contributed by atoms with Gasteiger partial charge in [0.2, 0.25) is 0 Å². The number of carboxylic acid groups (broad SMARTS) is 1. The molecule has 19 heavy (non-hydrogen) atoms. The van der Waals surface area contributed by atoms with Crippen LogP contribution in [0.1, 0.15) is 10.4 Å². The Labute approximate surface area is 112 Å². The third kappa shape index (κ3) is 3.52. The molecule has 0 saturated heterocycles. The maximum atomic E-state index is 11.8. The van der Waals surface area contributed by atoms with E-state index in [2.05, 4.69) is 15.6 Å². The second kappa shape index (κ2) is 5.49. The SMILES string of the molecule is O=C(O)Cn1cc(NC(=O)c2ccc(Cl)cc2)nn1. The van der Waals surface area contributed by atoms with Crippen molar-refractivity contribution in [1.82, 2.24) is 15.0 Å². The minimum atomic E-state index is -1.04. The zero-order chi connectivity index (χ0) is 13.8. The van der Waals surface area contributed by atoms with Crippen molar-refractivity contribution in [2.24, 2.45) is 0 Å². The van der Waals surface area contributed by atoms with Gasteiger partial charge >= 0.3 is 5.97 Å². The molecule has 0 radical (unpaired) electrons. The maximum absolute atomic E-state index is 11.8. The number of nitrogens with zero attached hydrogens (tertiary/aromatic N) is 3.